The topological polar surface area (TPSA) is 82.1 Å². The van der Waals surface area contributed by atoms with E-state index < -0.39 is 5.97 Å². The molecule has 1 fully saturated rings. The van der Waals surface area contributed by atoms with Crippen LogP contribution < -0.4 is 0 Å². The van der Waals surface area contributed by atoms with E-state index in [1.807, 2.05) is 35.2 Å². The average molecular weight is 286 g/mol. The number of carboxylic acids is 1. The number of nitrogens with zero attached hydrogens (tertiary/aromatic N) is 3. The van der Waals surface area contributed by atoms with E-state index in [9.17, 15) is 4.79 Å². The zero-order chi connectivity index (χ0) is 14.7. The molecule has 1 aliphatic heterocycles. The standard InChI is InChI=1S/C15H18N4O2/c20-13(21)10-19-8-6-12(7-9-19)15-16-14(17-18-15)11-4-2-1-3-5-11/h1-5,12H,6-10H2,(H,20,21)(H,16,17,18). The van der Waals surface area contributed by atoms with Crippen LogP contribution in [0.15, 0.2) is 30.3 Å². The molecule has 0 unspecified atom stereocenters. The number of piperidine rings is 1. The minimum absolute atomic E-state index is 0.123. The molecule has 6 heteroatoms. The van der Waals surface area contributed by atoms with Gasteiger partial charge in [0, 0.05) is 11.5 Å². The summed E-state index contributed by atoms with van der Waals surface area (Å²) >= 11 is 0. The molecule has 2 aromatic rings. The molecule has 0 saturated carbocycles. The van der Waals surface area contributed by atoms with Crippen molar-refractivity contribution in [2.75, 3.05) is 19.6 Å². The normalized spacial score (nSPS) is 17.0. The van der Waals surface area contributed by atoms with E-state index in [-0.39, 0.29) is 6.54 Å². The predicted octanol–water partition coefficient (Wildman–Crippen LogP) is 1.74. The van der Waals surface area contributed by atoms with Crippen molar-refractivity contribution in [1.29, 1.82) is 0 Å². The molecule has 0 atom stereocenters. The number of nitrogens with one attached hydrogen (secondary N) is 1. The highest BCUT2D eigenvalue weighted by molar-refractivity contribution is 5.69. The van der Waals surface area contributed by atoms with Crippen LogP contribution in [0.3, 0.4) is 0 Å². The molecule has 1 aliphatic rings. The van der Waals surface area contributed by atoms with E-state index in [2.05, 4.69) is 15.2 Å². The zero-order valence-electron chi connectivity index (χ0n) is 11.7. The third kappa shape index (κ3) is 3.28. The Morgan fingerprint density at radius 2 is 2.00 bits per heavy atom. The summed E-state index contributed by atoms with van der Waals surface area (Å²) in [6, 6.07) is 9.88. The zero-order valence-corrected chi connectivity index (χ0v) is 11.7. The minimum Gasteiger partial charge on any atom is -0.480 e. The van der Waals surface area contributed by atoms with Crippen molar-refractivity contribution in [1.82, 2.24) is 20.1 Å². The van der Waals surface area contributed by atoms with E-state index in [1.165, 1.54) is 0 Å². The fourth-order valence-corrected chi connectivity index (χ4v) is 2.73. The van der Waals surface area contributed by atoms with Gasteiger partial charge in [0.15, 0.2) is 5.82 Å². The maximum atomic E-state index is 10.7. The molecule has 0 aliphatic carbocycles. The van der Waals surface area contributed by atoms with E-state index in [0.717, 1.165) is 43.1 Å². The minimum atomic E-state index is -0.764. The maximum absolute atomic E-state index is 10.7. The Hall–Kier alpha value is -2.21. The van der Waals surface area contributed by atoms with Gasteiger partial charge in [-0.3, -0.25) is 14.8 Å². The van der Waals surface area contributed by atoms with Crippen LogP contribution >= 0.6 is 0 Å². The Morgan fingerprint density at radius 1 is 1.29 bits per heavy atom. The first kappa shape index (κ1) is 13.8. The van der Waals surface area contributed by atoms with Gasteiger partial charge in [0.2, 0.25) is 0 Å². The van der Waals surface area contributed by atoms with Gasteiger partial charge >= 0.3 is 5.97 Å². The lowest BCUT2D eigenvalue weighted by Crippen LogP contribution is -2.36. The third-order valence-corrected chi connectivity index (χ3v) is 3.87. The highest BCUT2D eigenvalue weighted by Gasteiger charge is 2.24. The molecular formula is C15H18N4O2. The first-order valence-electron chi connectivity index (χ1n) is 7.14. The lowest BCUT2D eigenvalue weighted by molar-refractivity contribution is -0.138. The molecular weight excluding hydrogens is 268 g/mol. The van der Waals surface area contributed by atoms with Crippen LogP contribution in [0.1, 0.15) is 24.6 Å². The number of carbonyl (C=O) groups is 1. The first-order chi connectivity index (χ1) is 10.2. The number of benzene rings is 1. The summed E-state index contributed by atoms with van der Waals surface area (Å²) in [5.41, 5.74) is 1.00. The van der Waals surface area contributed by atoms with E-state index in [4.69, 9.17) is 5.11 Å². The second-order valence-corrected chi connectivity index (χ2v) is 5.35. The van der Waals surface area contributed by atoms with E-state index in [0.29, 0.717) is 5.92 Å². The monoisotopic (exact) mass is 286 g/mol. The van der Waals surface area contributed by atoms with Crippen molar-refractivity contribution in [2.45, 2.75) is 18.8 Å². The number of hydrogen-bond acceptors (Lipinski definition) is 4. The third-order valence-electron chi connectivity index (χ3n) is 3.87. The second-order valence-electron chi connectivity index (χ2n) is 5.35. The maximum Gasteiger partial charge on any atom is 0.317 e. The van der Waals surface area contributed by atoms with Gasteiger partial charge in [0.1, 0.15) is 5.82 Å². The van der Waals surface area contributed by atoms with Gasteiger partial charge in [-0.15, -0.1) is 0 Å². The molecule has 3 rings (SSSR count). The number of rotatable bonds is 4. The van der Waals surface area contributed by atoms with Crippen molar-refractivity contribution < 1.29 is 9.90 Å². The summed E-state index contributed by atoms with van der Waals surface area (Å²) in [4.78, 5) is 17.3. The molecule has 2 heterocycles. The molecule has 1 saturated heterocycles. The Morgan fingerprint density at radius 3 is 2.67 bits per heavy atom. The number of carboxylic acid groups (broad SMARTS) is 1. The number of aliphatic carboxylic acids is 1. The number of likely N-dealkylation sites (tertiary alicyclic amines) is 1. The van der Waals surface area contributed by atoms with Crippen LogP contribution in [0.2, 0.25) is 0 Å². The lowest BCUT2D eigenvalue weighted by atomic mass is 9.96. The highest BCUT2D eigenvalue weighted by atomic mass is 16.4. The fraction of sp³-hybridized carbons (Fsp3) is 0.400. The van der Waals surface area contributed by atoms with E-state index >= 15 is 0 Å². The van der Waals surface area contributed by atoms with Crippen LogP contribution in [0, 0.1) is 0 Å². The van der Waals surface area contributed by atoms with Gasteiger partial charge in [0.05, 0.1) is 6.54 Å². The number of aromatic nitrogens is 3. The van der Waals surface area contributed by atoms with Gasteiger partial charge < -0.3 is 5.11 Å². The average Bonchev–Trinajstić information content (AvgIpc) is 2.98. The molecule has 1 aromatic heterocycles. The lowest BCUT2D eigenvalue weighted by Gasteiger charge is -2.29. The van der Waals surface area contributed by atoms with Gasteiger partial charge in [-0.1, -0.05) is 30.3 Å². The Bertz CT molecular complexity index is 603. The first-order valence-corrected chi connectivity index (χ1v) is 7.14. The Balaban J connectivity index is 1.64. The van der Waals surface area contributed by atoms with Crippen LogP contribution in [-0.4, -0.2) is 50.8 Å². The van der Waals surface area contributed by atoms with Crippen LogP contribution in [-0.2, 0) is 4.79 Å². The molecule has 6 nitrogen and oxygen atoms in total. The number of H-pyrrole nitrogens is 1. The highest BCUT2D eigenvalue weighted by Crippen LogP contribution is 2.26. The quantitative estimate of drug-likeness (QED) is 0.894. The Kier molecular flexibility index (Phi) is 3.96. The largest absolute Gasteiger partial charge is 0.480 e. The van der Waals surface area contributed by atoms with Crippen molar-refractivity contribution in [3.63, 3.8) is 0 Å². The fourth-order valence-electron chi connectivity index (χ4n) is 2.73. The molecule has 110 valence electrons. The molecule has 0 bridgehead atoms. The Labute approximate surface area is 122 Å². The number of hydrogen-bond donors (Lipinski definition) is 2. The summed E-state index contributed by atoms with van der Waals surface area (Å²) < 4.78 is 0. The van der Waals surface area contributed by atoms with Crippen molar-refractivity contribution in [3.05, 3.63) is 36.2 Å². The summed E-state index contributed by atoms with van der Waals surface area (Å²) in [5.74, 6) is 1.20. The van der Waals surface area contributed by atoms with Crippen LogP contribution in [0.25, 0.3) is 11.4 Å². The van der Waals surface area contributed by atoms with Gasteiger partial charge in [-0.2, -0.15) is 5.10 Å². The van der Waals surface area contributed by atoms with Crippen LogP contribution in [0.4, 0.5) is 0 Å². The van der Waals surface area contributed by atoms with Crippen molar-refractivity contribution >= 4 is 5.97 Å². The second kappa shape index (κ2) is 6.05. The van der Waals surface area contributed by atoms with Gasteiger partial charge in [-0.05, 0) is 25.9 Å². The van der Waals surface area contributed by atoms with E-state index in [1.54, 1.807) is 0 Å². The molecule has 2 N–H and O–H groups in total. The van der Waals surface area contributed by atoms with Gasteiger partial charge in [0.25, 0.3) is 0 Å². The molecule has 0 amide bonds. The summed E-state index contributed by atoms with van der Waals surface area (Å²) in [7, 11) is 0. The van der Waals surface area contributed by atoms with Crippen molar-refractivity contribution in [3.8, 4) is 11.4 Å². The number of aromatic amines is 1. The molecule has 1 aromatic carbocycles. The van der Waals surface area contributed by atoms with Crippen LogP contribution in [0.5, 0.6) is 0 Å². The SMILES string of the molecule is O=C(O)CN1CCC(c2nc(-c3ccccc3)n[nH]2)CC1. The summed E-state index contributed by atoms with van der Waals surface area (Å²) in [5, 5.41) is 16.1. The summed E-state index contributed by atoms with van der Waals surface area (Å²) in [6.07, 6.45) is 1.83. The smallest absolute Gasteiger partial charge is 0.317 e. The molecule has 0 spiro atoms. The predicted molar refractivity (Wildman–Crippen MR) is 77.9 cm³/mol. The van der Waals surface area contributed by atoms with Crippen molar-refractivity contribution in [2.24, 2.45) is 0 Å². The summed E-state index contributed by atoms with van der Waals surface area (Å²) in [6.45, 7) is 1.70. The van der Waals surface area contributed by atoms with Gasteiger partial charge in [-0.25, -0.2) is 4.98 Å². The molecule has 0 radical (unpaired) electrons. The molecule has 21 heavy (non-hydrogen) atoms.